The summed E-state index contributed by atoms with van der Waals surface area (Å²) in [5, 5.41) is 4.05. The Morgan fingerprint density at radius 2 is 1.91 bits per heavy atom. The molecule has 0 bridgehead atoms. The Kier molecular flexibility index (Phi) is 5.47. The Morgan fingerprint density at radius 1 is 1.17 bits per heavy atom. The zero-order valence-corrected chi connectivity index (χ0v) is 13.1. The normalized spacial score (nSPS) is 10.0. The van der Waals surface area contributed by atoms with E-state index in [0.29, 0.717) is 4.67 Å². The second-order valence-electron chi connectivity index (χ2n) is 4.16. The lowest BCUT2D eigenvalue weighted by Gasteiger charge is -2.07. The molecule has 2 N–H and O–H groups in total. The van der Waals surface area contributed by atoms with Crippen molar-refractivity contribution in [3.05, 3.63) is 52.6 Å². The monoisotopic (exact) mass is 384 g/mol. The van der Waals surface area contributed by atoms with Gasteiger partial charge in [-0.15, -0.1) is 0 Å². The van der Waals surface area contributed by atoms with Crippen molar-refractivity contribution in [3.63, 3.8) is 0 Å². The van der Waals surface area contributed by atoms with Gasteiger partial charge in [0.15, 0.2) is 11.3 Å². The van der Waals surface area contributed by atoms with E-state index in [2.05, 4.69) is 26.0 Å². The molecule has 0 saturated heterocycles. The molecule has 0 saturated carbocycles. The number of benzene rings is 1. The van der Waals surface area contributed by atoms with E-state index >= 15 is 0 Å². The van der Waals surface area contributed by atoms with E-state index < -0.39 is 30.3 Å². The topological polar surface area (TPSA) is 97.6 Å². The van der Waals surface area contributed by atoms with Crippen LogP contribution in [0.4, 0.5) is 14.9 Å². The molecule has 2 aromatic rings. The molecule has 2 rings (SSSR count). The van der Waals surface area contributed by atoms with Crippen molar-refractivity contribution in [1.29, 1.82) is 0 Å². The second kappa shape index (κ2) is 7.54. The lowest BCUT2D eigenvalue weighted by molar-refractivity contribution is -0.123. The number of urea groups is 1. The number of carbonyl (C=O) groups is 3. The van der Waals surface area contributed by atoms with E-state index in [1.807, 2.05) is 5.32 Å². The molecule has 7 nitrogen and oxygen atoms in total. The maximum Gasteiger partial charge on any atom is 0.374 e. The minimum absolute atomic E-state index is 0.0877. The van der Waals surface area contributed by atoms with Gasteiger partial charge >= 0.3 is 12.0 Å². The van der Waals surface area contributed by atoms with Crippen LogP contribution < -0.4 is 10.6 Å². The number of hydrogen-bond donors (Lipinski definition) is 2. The first-order valence-electron chi connectivity index (χ1n) is 6.23. The predicted octanol–water partition coefficient (Wildman–Crippen LogP) is 2.69. The highest BCUT2D eigenvalue weighted by Gasteiger charge is 2.15. The summed E-state index contributed by atoms with van der Waals surface area (Å²) in [6.07, 6.45) is 0. The number of nitrogens with one attached hydrogen (secondary N) is 2. The van der Waals surface area contributed by atoms with Crippen LogP contribution in [0.2, 0.25) is 0 Å². The molecule has 0 spiro atoms. The van der Waals surface area contributed by atoms with Gasteiger partial charge in [-0.25, -0.2) is 14.0 Å². The molecule has 3 amide bonds. The molecule has 1 heterocycles. The minimum Gasteiger partial charge on any atom is -0.450 e. The van der Waals surface area contributed by atoms with Gasteiger partial charge in [0.2, 0.25) is 5.76 Å². The summed E-state index contributed by atoms with van der Waals surface area (Å²) in [6.45, 7) is -0.693. The quantitative estimate of drug-likeness (QED) is 0.789. The average Bonchev–Trinajstić information content (AvgIpc) is 2.94. The summed E-state index contributed by atoms with van der Waals surface area (Å²) < 4.78 is 23.3. The van der Waals surface area contributed by atoms with Gasteiger partial charge in [-0.1, -0.05) is 12.1 Å². The van der Waals surface area contributed by atoms with Crippen LogP contribution >= 0.6 is 15.9 Å². The molecule has 120 valence electrons. The zero-order valence-electron chi connectivity index (χ0n) is 11.5. The van der Waals surface area contributed by atoms with Crippen LogP contribution in [0.25, 0.3) is 0 Å². The lowest BCUT2D eigenvalue weighted by Crippen LogP contribution is -2.37. The SMILES string of the molecule is O=C(COC(=O)c1ccc(Br)o1)NC(=O)Nc1ccccc1F. The van der Waals surface area contributed by atoms with Crippen molar-refractivity contribution in [2.75, 3.05) is 11.9 Å². The molecule has 0 atom stereocenters. The Morgan fingerprint density at radius 3 is 2.57 bits per heavy atom. The highest BCUT2D eigenvalue weighted by atomic mass is 79.9. The molecule has 9 heteroatoms. The van der Waals surface area contributed by atoms with E-state index in [9.17, 15) is 18.8 Å². The maximum absolute atomic E-state index is 13.3. The summed E-state index contributed by atoms with van der Waals surface area (Å²) in [5.74, 6) is -2.48. The van der Waals surface area contributed by atoms with E-state index in [1.165, 1.54) is 30.3 Å². The number of para-hydroxylation sites is 1. The fraction of sp³-hybridized carbons (Fsp3) is 0.0714. The number of halogens is 2. The van der Waals surface area contributed by atoms with Crippen LogP contribution in [-0.2, 0) is 9.53 Å². The van der Waals surface area contributed by atoms with Gasteiger partial charge in [0, 0.05) is 0 Å². The molecular weight excluding hydrogens is 375 g/mol. The molecule has 0 aliphatic rings. The van der Waals surface area contributed by atoms with Gasteiger partial charge in [-0.2, -0.15) is 0 Å². The van der Waals surface area contributed by atoms with Crippen LogP contribution in [0.3, 0.4) is 0 Å². The Bertz CT molecular complexity index is 746. The first-order valence-corrected chi connectivity index (χ1v) is 7.03. The van der Waals surface area contributed by atoms with Crippen molar-refractivity contribution < 1.29 is 27.9 Å². The van der Waals surface area contributed by atoms with E-state index in [0.717, 1.165) is 6.07 Å². The summed E-state index contributed by atoms with van der Waals surface area (Å²) in [5.41, 5.74) is -0.0877. The van der Waals surface area contributed by atoms with Crippen molar-refractivity contribution in [2.24, 2.45) is 0 Å². The van der Waals surface area contributed by atoms with Crippen LogP contribution in [0.5, 0.6) is 0 Å². The molecule has 0 aliphatic carbocycles. The Hall–Kier alpha value is -2.68. The molecule has 0 radical (unpaired) electrons. The molecular formula is C14H10BrFN2O5. The number of rotatable bonds is 4. The second-order valence-corrected chi connectivity index (χ2v) is 4.94. The summed E-state index contributed by atoms with van der Waals surface area (Å²) in [4.78, 5) is 34.5. The van der Waals surface area contributed by atoms with E-state index in [-0.39, 0.29) is 11.4 Å². The minimum atomic E-state index is -0.947. The fourth-order valence-corrected chi connectivity index (χ4v) is 1.81. The molecule has 1 aromatic heterocycles. The Labute approximate surface area is 137 Å². The van der Waals surface area contributed by atoms with Crippen molar-refractivity contribution in [2.45, 2.75) is 0 Å². The van der Waals surface area contributed by atoms with Crippen LogP contribution in [0, 0.1) is 5.82 Å². The number of furan rings is 1. The van der Waals surface area contributed by atoms with Gasteiger partial charge in [0.05, 0.1) is 5.69 Å². The first kappa shape index (κ1) is 16.7. The number of hydrogen-bond acceptors (Lipinski definition) is 5. The first-order chi connectivity index (χ1) is 11.0. The fourth-order valence-electron chi connectivity index (χ4n) is 1.51. The number of amides is 3. The van der Waals surface area contributed by atoms with Crippen LogP contribution in [-0.4, -0.2) is 24.5 Å². The number of esters is 1. The van der Waals surface area contributed by atoms with Gasteiger partial charge < -0.3 is 14.5 Å². The van der Waals surface area contributed by atoms with Crippen molar-refractivity contribution in [1.82, 2.24) is 5.32 Å². The predicted molar refractivity (Wildman–Crippen MR) is 80.3 cm³/mol. The third-order valence-electron chi connectivity index (χ3n) is 2.48. The smallest absolute Gasteiger partial charge is 0.374 e. The van der Waals surface area contributed by atoms with Gasteiger partial charge in [-0.05, 0) is 40.2 Å². The Balaban J connectivity index is 1.79. The molecule has 23 heavy (non-hydrogen) atoms. The number of carbonyl (C=O) groups excluding carboxylic acids is 3. The summed E-state index contributed by atoms with van der Waals surface area (Å²) in [7, 11) is 0. The third-order valence-corrected chi connectivity index (χ3v) is 2.91. The van der Waals surface area contributed by atoms with Crippen molar-refractivity contribution in [3.8, 4) is 0 Å². The van der Waals surface area contributed by atoms with Crippen LogP contribution in [0.1, 0.15) is 10.6 Å². The third kappa shape index (κ3) is 4.92. The zero-order chi connectivity index (χ0) is 16.8. The van der Waals surface area contributed by atoms with E-state index in [1.54, 1.807) is 0 Å². The summed E-state index contributed by atoms with van der Waals surface area (Å²) in [6, 6.07) is 7.35. The van der Waals surface area contributed by atoms with Gasteiger partial charge in [0.25, 0.3) is 5.91 Å². The highest BCUT2D eigenvalue weighted by molar-refractivity contribution is 9.10. The number of anilines is 1. The lowest BCUT2D eigenvalue weighted by atomic mass is 10.3. The van der Waals surface area contributed by atoms with Crippen molar-refractivity contribution >= 4 is 39.5 Å². The molecule has 0 aliphatic heterocycles. The largest absolute Gasteiger partial charge is 0.450 e. The van der Waals surface area contributed by atoms with E-state index in [4.69, 9.17) is 4.42 Å². The highest BCUT2D eigenvalue weighted by Crippen LogP contribution is 2.14. The molecule has 1 aromatic carbocycles. The molecule has 0 unspecified atom stereocenters. The number of ether oxygens (including phenoxy) is 1. The molecule has 0 fully saturated rings. The van der Waals surface area contributed by atoms with Crippen LogP contribution in [0.15, 0.2) is 45.5 Å². The maximum atomic E-state index is 13.3. The van der Waals surface area contributed by atoms with Gasteiger partial charge in [-0.3, -0.25) is 10.1 Å². The van der Waals surface area contributed by atoms with Gasteiger partial charge in [0.1, 0.15) is 5.82 Å². The average molecular weight is 385 g/mol. The standard InChI is InChI=1S/C14H10BrFN2O5/c15-11-6-5-10(23-11)13(20)22-7-12(19)18-14(21)17-9-4-2-1-3-8(9)16/h1-6H,7H2,(H2,17,18,19,21). The number of imide groups is 1. The summed E-state index contributed by atoms with van der Waals surface area (Å²) >= 11 is 3.01.